The van der Waals surface area contributed by atoms with Crippen LogP contribution in [0.1, 0.15) is 96.8 Å². The summed E-state index contributed by atoms with van der Waals surface area (Å²) in [4.78, 5) is 17.5. The van der Waals surface area contributed by atoms with E-state index in [0.29, 0.717) is 6.04 Å². The fourth-order valence-corrected chi connectivity index (χ4v) is 7.03. The number of ether oxygens (including phenoxy) is 1. The lowest BCUT2D eigenvalue weighted by Crippen LogP contribution is -2.49. The number of hydrogen-bond donors (Lipinski definition) is 0. The number of carbonyl (C=O) groups is 1. The highest BCUT2D eigenvalue weighted by Gasteiger charge is 2.49. The molecule has 1 amide bonds. The fourth-order valence-electron chi connectivity index (χ4n) is 6.32. The summed E-state index contributed by atoms with van der Waals surface area (Å²) in [5.74, 6) is 1.77. The van der Waals surface area contributed by atoms with E-state index in [1.165, 1.54) is 70.8 Å². The number of hydrogen-bond acceptors (Lipinski definition) is 3. The number of halogens is 1. The van der Waals surface area contributed by atoms with Crippen LogP contribution in [0.2, 0.25) is 0 Å². The van der Waals surface area contributed by atoms with Crippen LogP contribution in [0.4, 0.5) is 4.79 Å². The van der Waals surface area contributed by atoms with E-state index < -0.39 is 0 Å². The molecule has 30 heavy (non-hydrogen) atoms. The van der Waals surface area contributed by atoms with Gasteiger partial charge in [0.05, 0.1) is 6.54 Å². The summed E-state index contributed by atoms with van der Waals surface area (Å²) >= 11 is 2.57. The third-order valence-corrected chi connectivity index (χ3v) is 9.72. The number of likely N-dealkylation sites (tertiary alicyclic amines) is 1. The van der Waals surface area contributed by atoms with Crippen LogP contribution in [-0.4, -0.2) is 57.6 Å². The first-order chi connectivity index (χ1) is 14.5. The Hall–Kier alpha value is -0.0400. The molecule has 0 bridgehead atoms. The third kappa shape index (κ3) is 6.05. The minimum atomic E-state index is -0.195. The number of amides is 1. The largest absolute Gasteiger partial charge is 0.441 e. The highest BCUT2D eigenvalue weighted by atomic mass is 127. The molecule has 0 aromatic rings. The van der Waals surface area contributed by atoms with Gasteiger partial charge in [-0.05, 0) is 50.4 Å². The summed E-state index contributed by atoms with van der Waals surface area (Å²) in [5, 5.41) is 0. The van der Waals surface area contributed by atoms with Crippen molar-refractivity contribution < 1.29 is 9.53 Å². The molecule has 2 unspecified atom stereocenters. The van der Waals surface area contributed by atoms with Crippen LogP contribution < -0.4 is 0 Å². The smallest absolute Gasteiger partial charge is 0.410 e. The van der Waals surface area contributed by atoms with Gasteiger partial charge in [-0.15, -0.1) is 0 Å². The topological polar surface area (TPSA) is 32.8 Å². The summed E-state index contributed by atoms with van der Waals surface area (Å²) in [6.07, 6.45) is 18.2. The van der Waals surface area contributed by atoms with Crippen LogP contribution in [0.5, 0.6) is 0 Å². The number of piperidine rings is 1. The standard InChI is InChI=1S/C25H43IN2O2/c1-20-6-4-2-3-5-7-21(9-8-20)18-27-16-14-25(15-17-27)19-28(24(29)30-25)23-12-10-22(26)11-13-23/h20-23H,2-19H2,1H3. The molecule has 2 aliphatic carbocycles. The van der Waals surface area contributed by atoms with Gasteiger partial charge in [0.25, 0.3) is 0 Å². The van der Waals surface area contributed by atoms with Gasteiger partial charge in [-0.3, -0.25) is 0 Å². The average Bonchev–Trinajstić information content (AvgIpc) is 3.06. The minimum absolute atomic E-state index is 0.0262. The predicted octanol–water partition coefficient (Wildman–Crippen LogP) is 6.41. The number of nitrogens with zero attached hydrogens (tertiary/aromatic N) is 2. The molecule has 172 valence electrons. The second kappa shape index (κ2) is 10.7. The molecule has 1 spiro atoms. The lowest BCUT2D eigenvalue weighted by molar-refractivity contribution is -0.00365. The predicted molar refractivity (Wildman–Crippen MR) is 131 cm³/mol. The van der Waals surface area contributed by atoms with Gasteiger partial charge in [0.15, 0.2) is 0 Å². The number of alkyl halides is 1. The summed E-state index contributed by atoms with van der Waals surface area (Å²) in [5.41, 5.74) is -0.195. The lowest BCUT2D eigenvalue weighted by atomic mass is 9.86. The molecule has 0 aromatic heterocycles. The average molecular weight is 531 g/mol. The molecule has 2 heterocycles. The zero-order chi connectivity index (χ0) is 21.0. The molecular formula is C25H43IN2O2. The maximum atomic E-state index is 12.7. The zero-order valence-electron chi connectivity index (χ0n) is 19.1. The molecule has 2 saturated heterocycles. The molecule has 4 rings (SSSR count). The molecule has 2 atom stereocenters. The maximum Gasteiger partial charge on any atom is 0.410 e. The van der Waals surface area contributed by atoms with Crippen LogP contribution in [0, 0.1) is 11.8 Å². The van der Waals surface area contributed by atoms with Crippen LogP contribution in [0.3, 0.4) is 0 Å². The summed E-state index contributed by atoms with van der Waals surface area (Å²) in [6.45, 7) is 6.77. The Morgan fingerprint density at radius 1 is 0.933 bits per heavy atom. The van der Waals surface area contributed by atoms with E-state index in [1.54, 1.807) is 0 Å². The van der Waals surface area contributed by atoms with E-state index in [0.717, 1.165) is 61.1 Å². The molecule has 2 saturated carbocycles. The summed E-state index contributed by atoms with van der Waals surface area (Å²) in [7, 11) is 0. The van der Waals surface area contributed by atoms with Crippen molar-refractivity contribution >= 4 is 28.7 Å². The van der Waals surface area contributed by atoms with E-state index in [-0.39, 0.29) is 11.7 Å². The highest BCUT2D eigenvalue weighted by Crippen LogP contribution is 2.38. The Bertz CT molecular complexity index is 555. The van der Waals surface area contributed by atoms with Crippen molar-refractivity contribution in [3.05, 3.63) is 0 Å². The Morgan fingerprint density at radius 3 is 2.37 bits per heavy atom. The molecule has 4 nitrogen and oxygen atoms in total. The zero-order valence-corrected chi connectivity index (χ0v) is 21.3. The van der Waals surface area contributed by atoms with E-state index in [2.05, 4.69) is 39.3 Å². The van der Waals surface area contributed by atoms with E-state index >= 15 is 0 Å². The van der Waals surface area contributed by atoms with Crippen LogP contribution in [0.25, 0.3) is 0 Å². The van der Waals surface area contributed by atoms with Crippen molar-refractivity contribution in [2.75, 3.05) is 26.2 Å². The van der Waals surface area contributed by atoms with Gasteiger partial charge in [0, 0.05) is 42.4 Å². The Kier molecular flexibility index (Phi) is 8.26. The molecule has 0 aromatic carbocycles. The fraction of sp³-hybridized carbons (Fsp3) is 0.960. The van der Waals surface area contributed by atoms with Gasteiger partial charge < -0.3 is 14.5 Å². The molecule has 0 N–H and O–H groups in total. The monoisotopic (exact) mass is 530 g/mol. The van der Waals surface area contributed by atoms with Crippen LogP contribution in [0.15, 0.2) is 0 Å². The normalized spacial score (nSPS) is 36.6. The SMILES string of the molecule is CC1CCCCCCC(CN2CCC3(CC2)CN(C2CCC(I)CC2)C(=O)O3)CC1. The molecule has 2 aliphatic heterocycles. The van der Waals surface area contributed by atoms with Gasteiger partial charge in [-0.1, -0.05) is 68.0 Å². The molecular weight excluding hydrogens is 487 g/mol. The van der Waals surface area contributed by atoms with Crippen LogP contribution in [-0.2, 0) is 4.74 Å². The van der Waals surface area contributed by atoms with E-state index in [1.807, 2.05) is 0 Å². The van der Waals surface area contributed by atoms with E-state index in [9.17, 15) is 4.79 Å². The summed E-state index contributed by atoms with van der Waals surface area (Å²) < 4.78 is 6.85. The van der Waals surface area contributed by atoms with Crippen molar-refractivity contribution in [1.82, 2.24) is 9.80 Å². The van der Waals surface area contributed by atoms with Crippen molar-refractivity contribution in [3.8, 4) is 0 Å². The third-order valence-electron chi connectivity index (χ3n) is 8.47. The first kappa shape index (κ1) is 23.1. The van der Waals surface area contributed by atoms with Gasteiger partial charge >= 0.3 is 6.09 Å². The van der Waals surface area contributed by atoms with Gasteiger partial charge in [-0.2, -0.15) is 0 Å². The van der Waals surface area contributed by atoms with E-state index in [4.69, 9.17) is 4.74 Å². The lowest BCUT2D eigenvalue weighted by Gasteiger charge is -2.39. The molecule has 5 heteroatoms. The Balaban J connectivity index is 1.25. The molecule has 4 fully saturated rings. The first-order valence-corrected chi connectivity index (χ1v) is 14.1. The number of carbonyl (C=O) groups excluding carboxylic acids is 1. The molecule has 0 radical (unpaired) electrons. The van der Waals surface area contributed by atoms with Crippen molar-refractivity contribution in [2.24, 2.45) is 11.8 Å². The van der Waals surface area contributed by atoms with Crippen molar-refractivity contribution in [1.29, 1.82) is 0 Å². The Morgan fingerprint density at radius 2 is 1.63 bits per heavy atom. The quantitative estimate of drug-likeness (QED) is 0.313. The van der Waals surface area contributed by atoms with Gasteiger partial charge in [-0.25, -0.2) is 4.79 Å². The summed E-state index contributed by atoms with van der Waals surface area (Å²) in [6, 6.07) is 0.422. The van der Waals surface area contributed by atoms with Crippen molar-refractivity contribution in [2.45, 2.75) is 112 Å². The van der Waals surface area contributed by atoms with Crippen molar-refractivity contribution in [3.63, 3.8) is 0 Å². The second-order valence-electron chi connectivity index (χ2n) is 10.9. The highest BCUT2D eigenvalue weighted by molar-refractivity contribution is 14.1. The van der Waals surface area contributed by atoms with Crippen LogP contribution >= 0.6 is 22.6 Å². The van der Waals surface area contributed by atoms with Gasteiger partial charge in [0.2, 0.25) is 0 Å². The maximum absolute atomic E-state index is 12.7. The minimum Gasteiger partial charge on any atom is -0.441 e. The second-order valence-corrected chi connectivity index (χ2v) is 12.7. The molecule has 4 aliphatic rings. The Labute approximate surface area is 198 Å². The number of rotatable bonds is 3. The van der Waals surface area contributed by atoms with Gasteiger partial charge in [0.1, 0.15) is 5.60 Å². The first-order valence-electron chi connectivity index (χ1n) is 12.9.